The molecule has 1 heterocycles. The molecule has 1 aromatic heterocycles. The summed E-state index contributed by atoms with van der Waals surface area (Å²) in [6.07, 6.45) is 6.50. The van der Waals surface area contributed by atoms with Gasteiger partial charge >= 0.3 is 0 Å². The van der Waals surface area contributed by atoms with Crippen molar-refractivity contribution in [2.75, 3.05) is 31.3 Å². The van der Waals surface area contributed by atoms with Crippen LogP contribution in [0, 0.1) is 6.92 Å². The average molecular weight is 284 g/mol. The van der Waals surface area contributed by atoms with Crippen molar-refractivity contribution in [3.05, 3.63) is 23.7 Å². The van der Waals surface area contributed by atoms with Crippen LogP contribution in [0.5, 0.6) is 0 Å². The number of hydrogen-bond donors (Lipinski definition) is 1. The van der Waals surface area contributed by atoms with E-state index in [1.165, 1.54) is 6.33 Å². The number of sulfonamides is 1. The van der Waals surface area contributed by atoms with E-state index in [9.17, 15) is 8.42 Å². The summed E-state index contributed by atoms with van der Waals surface area (Å²) in [5, 5.41) is 0. The molecule has 1 rings (SSSR count). The van der Waals surface area contributed by atoms with Crippen LogP contribution in [0.15, 0.2) is 12.4 Å². The Labute approximate surface area is 114 Å². The minimum Gasteiger partial charge on any atom is -0.358 e. The fraction of sp³-hybridized carbons (Fsp3) is 0.500. The van der Waals surface area contributed by atoms with Gasteiger partial charge in [-0.05, 0) is 19.9 Å². The Kier molecular flexibility index (Phi) is 5.44. The van der Waals surface area contributed by atoms with E-state index in [1.54, 1.807) is 0 Å². The van der Waals surface area contributed by atoms with Gasteiger partial charge in [-0.2, -0.15) is 0 Å². The Balaban J connectivity index is 2.77. The molecule has 0 aliphatic heterocycles. The van der Waals surface area contributed by atoms with Gasteiger partial charge in [-0.25, -0.2) is 23.1 Å². The van der Waals surface area contributed by atoms with E-state index in [-0.39, 0.29) is 0 Å². The first-order chi connectivity index (χ1) is 8.85. The number of allylic oxidation sites excluding steroid dienone is 1. The SMILES string of the molecule is C/C=C\c1ncnc(N(C)CCNS(C)(=O)=O)c1C. The second kappa shape index (κ2) is 6.63. The Hall–Kier alpha value is -1.47. The van der Waals surface area contributed by atoms with Crippen LogP contribution in [0.3, 0.4) is 0 Å². The Bertz CT molecular complexity index is 555. The lowest BCUT2D eigenvalue weighted by Gasteiger charge is -2.20. The van der Waals surface area contributed by atoms with Crippen molar-refractivity contribution in [1.29, 1.82) is 0 Å². The Morgan fingerprint density at radius 3 is 2.68 bits per heavy atom. The van der Waals surface area contributed by atoms with E-state index in [2.05, 4.69) is 14.7 Å². The van der Waals surface area contributed by atoms with Crippen molar-refractivity contribution in [3.63, 3.8) is 0 Å². The molecule has 6 nitrogen and oxygen atoms in total. The molecule has 1 N–H and O–H groups in total. The van der Waals surface area contributed by atoms with E-state index >= 15 is 0 Å². The molecule has 0 aromatic carbocycles. The van der Waals surface area contributed by atoms with Crippen LogP contribution in [0.1, 0.15) is 18.2 Å². The van der Waals surface area contributed by atoms with Crippen molar-refractivity contribution in [2.45, 2.75) is 13.8 Å². The number of rotatable bonds is 6. The first-order valence-corrected chi connectivity index (χ1v) is 7.84. The molecule has 0 atom stereocenters. The topological polar surface area (TPSA) is 75.2 Å². The molecule has 0 fully saturated rings. The lowest BCUT2D eigenvalue weighted by atomic mass is 10.2. The summed E-state index contributed by atoms with van der Waals surface area (Å²) < 4.78 is 24.4. The van der Waals surface area contributed by atoms with Crippen LogP contribution >= 0.6 is 0 Å². The van der Waals surface area contributed by atoms with Gasteiger partial charge in [0.1, 0.15) is 12.1 Å². The quantitative estimate of drug-likeness (QED) is 0.836. The summed E-state index contributed by atoms with van der Waals surface area (Å²) in [5.41, 5.74) is 1.85. The molecule has 1 aromatic rings. The molecule has 0 radical (unpaired) electrons. The second-order valence-electron chi connectivity index (χ2n) is 4.30. The highest BCUT2D eigenvalue weighted by atomic mass is 32.2. The Morgan fingerprint density at radius 2 is 2.11 bits per heavy atom. The molecule has 0 aliphatic carbocycles. The van der Waals surface area contributed by atoms with E-state index in [0.29, 0.717) is 13.1 Å². The summed E-state index contributed by atoms with van der Waals surface area (Å²) in [5.74, 6) is 0.804. The van der Waals surface area contributed by atoms with Crippen molar-refractivity contribution >= 4 is 21.9 Å². The molecular formula is C12H20N4O2S. The zero-order valence-electron chi connectivity index (χ0n) is 11.7. The van der Waals surface area contributed by atoms with Gasteiger partial charge in [-0.15, -0.1) is 0 Å². The number of hydrogen-bond acceptors (Lipinski definition) is 5. The summed E-state index contributed by atoms with van der Waals surface area (Å²) in [7, 11) is -1.28. The van der Waals surface area contributed by atoms with E-state index in [0.717, 1.165) is 23.3 Å². The number of anilines is 1. The fourth-order valence-electron chi connectivity index (χ4n) is 1.67. The molecule has 7 heteroatoms. The molecule has 0 aliphatic rings. The van der Waals surface area contributed by atoms with Crippen molar-refractivity contribution < 1.29 is 8.42 Å². The fourth-order valence-corrected chi connectivity index (χ4v) is 2.13. The lowest BCUT2D eigenvalue weighted by molar-refractivity contribution is 0.587. The number of nitrogens with zero attached hydrogens (tertiary/aromatic N) is 3. The second-order valence-corrected chi connectivity index (χ2v) is 6.13. The molecule has 0 spiro atoms. The maximum Gasteiger partial charge on any atom is 0.208 e. The maximum atomic E-state index is 11.0. The standard InChI is InChI=1S/C12H20N4O2S/c1-5-6-11-10(2)12(14-9-13-11)16(3)8-7-15-19(4,17)18/h5-6,9,15H,7-8H2,1-4H3/b6-5-. The van der Waals surface area contributed by atoms with Gasteiger partial charge < -0.3 is 4.90 Å². The van der Waals surface area contributed by atoms with Gasteiger partial charge in [0.15, 0.2) is 0 Å². The van der Waals surface area contributed by atoms with Crippen LogP contribution in [0.4, 0.5) is 5.82 Å². The molecule has 106 valence electrons. The smallest absolute Gasteiger partial charge is 0.208 e. The first-order valence-electron chi connectivity index (χ1n) is 5.95. The van der Waals surface area contributed by atoms with Crippen LogP contribution in [0.25, 0.3) is 6.08 Å². The summed E-state index contributed by atoms with van der Waals surface area (Å²) >= 11 is 0. The van der Waals surface area contributed by atoms with Crippen LogP contribution < -0.4 is 9.62 Å². The van der Waals surface area contributed by atoms with Gasteiger partial charge in [0.05, 0.1) is 11.9 Å². The lowest BCUT2D eigenvalue weighted by Crippen LogP contribution is -2.33. The van der Waals surface area contributed by atoms with E-state index in [4.69, 9.17) is 0 Å². The van der Waals surface area contributed by atoms with Gasteiger partial charge in [-0.3, -0.25) is 0 Å². The summed E-state index contributed by atoms with van der Waals surface area (Å²) in [6, 6.07) is 0. The van der Waals surface area contributed by atoms with Crippen molar-refractivity contribution in [2.24, 2.45) is 0 Å². The molecule has 0 unspecified atom stereocenters. The van der Waals surface area contributed by atoms with Gasteiger partial charge in [0, 0.05) is 25.7 Å². The molecule has 0 amide bonds. The molecule has 0 saturated heterocycles. The van der Waals surface area contributed by atoms with Crippen molar-refractivity contribution in [1.82, 2.24) is 14.7 Å². The third-order valence-corrected chi connectivity index (χ3v) is 3.32. The van der Waals surface area contributed by atoms with Crippen LogP contribution in [-0.2, 0) is 10.0 Å². The highest BCUT2D eigenvalue weighted by molar-refractivity contribution is 7.88. The molecule has 0 saturated carbocycles. The van der Waals surface area contributed by atoms with Crippen LogP contribution in [0.2, 0.25) is 0 Å². The minimum atomic E-state index is -3.15. The monoisotopic (exact) mass is 284 g/mol. The minimum absolute atomic E-state index is 0.345. The average Bonchev–Trinajstić information content (AvgIpc) is 2.30. The largest absolute Gasteiger partial charge is 0.358 e. The predicted octanol–water partition coefficient (Wildman–Crippen LogP) is 0.804. The van der Waals surface area contributed by atoms with Gasteiger partial charge in [0.25, 0.3) is 0 Å². The molecular weight excluding hydrogens is 264 g/mol. The Morgan fingerprint density at radius 1 is 1.42 bits per heavy atom. The first kappa shape index (κ1) is 15.6. The highest BCUT2D eigenvalue weighted by Crippen LogP contribution is 2.17. The zero-order chi connectivity index (χ0) is 14.5. The summed E-state index contributed by atoms with van der Waals surface area (Å²) in [6.45, 7) is 4.77. The van der Waals surface area contributed by atoms with Gasteiger partial charge in [0.2, 0.25) is 10.0 Å². The third kappa shape index (κ3) is 4.96. The predicted molar refractivity (Wildman–Crippen MR) is 77.6 cm³/mol. The number of aromatic nitrogens is 2. The molecule has 0 bridgehead atoms. The maximum absolute atomic E-state index is 11.0. The zero-order valence-corrected chi connectivity index (χ0v) is 12.5. The molecule has 19 heavy (non-hydrogen) atoms. The number of nitrogens with one attached hydrogen (secondary N) is 1. The van der Waals surface area contributed by atoms with E-state index < -0.39 is 10.0 Å². The third-order valence-electron chi connectivity index (χ3n) is 2.59. The summed E-state index contributed by atoms with van der Waals surface area (Å²) in [4.78, 5) is 10.3. The van der Waals surface area contributed by atoms with Gasteiger partial charge in [-0.1, -0.05) is 6.08 Å². The highest BCUT2D eigenvalue weighted by Gasteiger charge is 2.10. The normalized spacial score (nSPS) is 12.0. The van der Waals surface area contributed by atoms with E-state index in [1.807, 2.05) is 37.9 Å². The number of likely N-dealkylation sites (N-methyl/N-ethyl adjacent to an activating group) is 1. The van der Waals surface area contributed by atoms with Crippen molar-refractivity contribution in [3.8, 4) is 0 Å². The van der Waals surface area contributed by atoms with Crippen LogP contribution in [-0.4, -0.2) is 44.8 Å².